The van der Waals surface area contributed by atoms with E-state index in [2.05, 4.69) is 15.4 Å². The van der Waals surface area contributed by atoms with Crippen molar-refractivity contribution >= 4 is 22.2 Å². The normalized spacial score (nSPS) is 17.4. The Kier molecular flexibility index (Phi) is 4.38. The molecule has 33 heavy (non-hydrogen) atoms. The van der Waals surface area contributed by atoms with E-state index in [-0.39, 0.29) is 16.8 Å². The second-order valence-corrected chi connectivity index (χ2v) is 8.34. The monoisotopic (exact) mass is 436 g/mol. The van der Waals surface area contributed by atoms with Crippen molar-refractivity contribution in [2.24, 2.45) is 0 Å². The zero-order valence-corrected chi connectivity index (χ0v) is 17.5. The lowest BCUT2D eigenvalue weighted by atomic mass is 10.1. The van der Waals surface area contributed by atoms with Gasteiger partial charge in [-0.25, -0.2) is 4.52 Å². The molecule has 1 amide bonds. The minimum Gasteiger partial charge on any atom is -0.390 e. The summed E-state index contributed by atoms with van der Waals surface area (Å²) in [5.41, 5.74) is 3.43. The molecule has 0 saturated heterocycles. The van der Waals surface area contributed by atoms with Crippen molar-refractivity contribution in [2.45, 2.75) is 18.6 Å². The number of aliphatic hydroxyl groups is 1. The Morgan fingerprint density at radius 2 is 1.82 bits per heavy atom. The fraction of sp³-hybridized carbons (Fsp3) is 0.115. The maximum absolute atomic E-state index is 12.9. The van der Waals surface area contributed by atoms with Crippen molar-refractivity contribution in [1.82, 2.24) is 19.9 Å². The highest BCUT2D eigenvalue weighted by Gasteiger charge is 2.32. The number of carbonyl (C=O) groups is 1. The lowest BCUT2D eigenvalue weighted by molar-refractivity contribution is 0.0853. The van der Waals surface area contributed by atoms with Gasteiger partial charge >= 0.3 is 0 Å². The van der Waals surface area contributed by atoms with E-state index < -0.39 is 18.1 Å². The summed E-state index contributed by atoms with van der Waals surface area (Å²) in [7, 11) is 0. The van der Waals surface area contributed by atoms with Crippen LogP contribution >= 0.6 is 0 Å². The smallest absolute Gasteiger partial charge is 0.274 e. The Morgan fingerprint density at radius 1 is 1.03 bits per heavy atom. The van der Waals surface area contributed by atoms with Gasteiger partial charge in [0.1, 0.15) is 5.52 Å². The largest absolute Gasteiger partial charge is 0.390 e. The lowest BCUT2D eigenvalue weighted by Crippen LogP contribution is -2.34. The van der Waals surface area contributed by atoms with Crippen LogP contribution in [0.5, 0.6) is 0 Å². The average molecular weight is 436 g/mol. The van der Waals surface area contributed by atoms with Crippen molar-refractivity contribution in [1.29, 1.82) is 0 Å². The van der Waals surface area contributed by atoms with E-state index in [1.54, 1.807) is 6.20 Å². The van der Waals surface area contributed by atoms with Crippen LogP contribution in [0.3, 0.4) is 0 Å². The summed E-state index contributed by atoms with van der Waals surface area (Å²) >= 11 is 0. The maximum atomic E-state index is 12.9. The molecule has 7 nitrogen and oxygen atoms in total. The number of rotatable bonds is 3. The summed E-state index contributed by atoms with van der Waals surface area (Å²) < 4.78 is 1.43. The van der Waals surface area contributed by atoms with Crippen molar-refractivity contribution < 1.29 is 9.90 Å². The zero-order chi connectivity index (χ0) is 22.5. The SMILES string of the molecule is O=C(N[C@H]1c2ccccc2C[C@@H]1O)c1cc2c(=O)[nH]c(-c3ccc4ccccc4c3)cn2n1. The van der Waals surface area contributed by atoms with Crippen LogP contribution in [-0.2, 0) is 6.42 Å². The number of nitrogens with one attached hydrogen (secondary N) is 2. The van der Waals surface area contributed by atoms with Gasteiger partial charge in [-0.05, 0) is 28.0 Å². The molecule has 1 aliphatic carbocycles. The zero-order valence-electron chi connectivity index (χ0n) is 17.5. The van der Waals surface area contributed by atoms with Gasteiger partial charge in [0.05, 0.1) is 24.0 Å². The van der Waals surface area contributed by atoms with E-state index >= 15 is 0 Å². The Bertz CT molecular complexity index is 1600. The number of aromatic nitrogens is 3. The minimum atomic E-state index is -0.703. The second kappa shape index (κ2) is 7.43. The van der Waals surface area contributed by atoms with Crippen LogP contribution in [0.15, 0.2) is 83.8 Å². The van der Waals surface area contributed by atoms with Gasteiger partial charge in [0.25, 0.3) is 11.5 Å². The molecule has 0 aliphatic heterocycles. The molecule has 3 aromatic carbocycles. The summed E-state index contributed by atoms with van der Waals surface area (Å²) in [4.78, 5) is 28.6. The first-order valence-corrected chi connectivity index (χ1v) is 10.8. The highest BCUT2D eigenvalue weighted by molar-refractivity contribution is 5.94. The molecular weight excluding hydrogens is 416 g/mol. The van der Waals surface area contributed by atoms with Gasteiger partial charge in [0, 0.05) is 18.1 Å². The van der Waals surface area contributed by atoms with E-state index in [0.717, 1.165) is 27.5 Å². The predicted octanol–water partition coefficient (Wildman–Crippen LogP) is 3.23. The number of amides is 1. The molecule has 2 aromatic heterocycles. The number of aromatic amines is 1. The molecule has 0 fully saturated rings. The fourth-order valence-corrected chi connectivity index (χ4v) is 4.58. The molecule has 1 aliphatic rings. The summed E-state index contributed by atoms with van der Waals surface area (Å²) in [6.07, 6.45) is 1.49. The third-order valence-electron chi connectivity index (χ3n) is 6.25. The standard InChI is InChI=1S/C26H20N4O3/c31-23-12-17-7-3-4-8-19(17)24(23)28-25(32)20-13-22-26(33)27-21(14-30(22)29-20)18-10-9-15-5-1-2-6-16(15)11-18/h1-11,13-14,23-24,31H,12H2,(H,27,33)(H,28,32)/t23-,24-/m0/s1. The molecular formula is C26H20N4O3. The molecule has 6 rings (SSSR count). The van der Waals surface area contributed by atoms with Crippen LogP contribution in [0.25, 0.3) is 27.5 Å². The molecule has 0 radical (unpaired) electrons. The quantitative estimate of drug-likeness (QED) is 0.404. The number of carbonyl (C=O) groups excluding carboxylic acids is 1. The topological polar surface area (TPSA) is 99.5 Å². The number of benzene rings is 3. The molecule has 3 N–H and O–H groups in total. The number of fused-ring (bicyclic) bond motifs is 3. The first-order valence-electron chi connectivity index (χ1n) is 10.8. The first kappa shape index (κ1) is 19.5. The van der Waals surface area contributed by atoms with Gasteiger partial charge in [-0.1, -0.05) is 60.7 Å². The third-order valence-corrected chi connectivity index (χ3v) is 6.25. The molecule has 7 heteroatoms. The fourth-order valence-electron chi connectivity index (χ4n) is 4.58. The van der Waals surface area contributed by atoms with Gasteiger partial charge < -0.3 is 15.4 Å². The van der Waals surface area contributed by atoms with E-state index in [1.165, 1.54) is 10.6 Å². The number of aliphatic hydroxyl groups excluding tert-OH is 1. The highest BCUT2D eigenvalue weighted by Crippen LogP contribution is 2.31. The Hall–Kier alpha value is -4.23. The van der Waals surface area contributed by atoms with Gasteiger partial charge in [-0.3, -0.25) is 9.59 Å². The second-order valence-electron chi connectivity index (χ2n) is 8.34. The van der Waals surface area contributed by atoms with Crippen LogP contribution in [0, 0.1) is 0 Å². The summed E-state index contributed by atoms with van der Waals surface area (Å²) in [5, 5.41) is 19.8. The van der Waals surface area contributed by atoms with E-state index in [9.17, 15) is 14.7 Å². The van der Waals surface area contributed by atoms with Crippen LogP contribution in [0.2, 0.25) is 0 Å². The first-order chi connectivity index (χ1) is 16.1. The Balaban J connectivity index is 1.34. The molecule has 162 valence electrons. The molecule has 0 spiro atoms. The van der Waals surface area contributed by atoms with Crippen LogP contribution in [-0.4, -0.2) is 31.7 Å². The van der Waals surface area contributed by atoms with Crippen LogP contribution in [0.4, 0.5) is 0 Å². The van der Waals surface area contributed by atoms with E-state index in [4.69, 9.17) is 0 Å². The third kappa shape index (κ3) is 3.30. The molecule has 2 atom stereocenters. The maximum Gasteiger partial charge on any atom is 0.274 e. The summed E-state index contributed by atoms with van der Waals surface area (Å²) in [6.45, 7) is 0. The number of nitrogens with zero attached hydrogens (tertiary/aromatic N) is 2. The average Bonchev–Trinajstić information content (AvgIpc) is 3.40. The molecule has 0 saturated carbocycles. The van der Waals surface area contributed by atoms with E-state index in [1.807, 2.05) is 66.7 Å². The summed E-state index contributed by atoms with van der Waals surface area (Å²) in [6, 6.07) is 22.5. The predicted molar refractivity (Wildman–Crippen MR) is 125 cm³/mol. The number of H-pyrrole nitrogens is 1. The molecule has 5 aromatic rings. The van der Waals surface area contributed by atoms with Gasteiger partial charge in [-0.15, -0.1) is 0 Å². The van der Waals surface area contributed by atoms with Crippen molar-refractivity contribution in [3.05, 3.63) is 106 Å². The minimum absolute atomic E-state index is 0.118. The van der Waals surface area contributed by atoms with Gasteiger partial charge in [0.2, 0.25) is 0 Å². The number of hydrogen-bond acceptors (Lipinski definition) is 4. The van der Waals surface area contributed by atoms with E-state index in [0.29, 0.717) is 12.1 Å². The molecule has 0 unspecified atom stereocenters. The number of hydrogen-bond donors (Lipinski definition) is 3. The Labute approximate surface area is 188 Å². The molecule has 2 heterocycles. The van der Waals surface area contributed by atoms with Crippen molar-refractivity contribution in [2.75, 3.05) is 0 Å². The lowest BCUT2D eigenvalue weighted by Gasteiger charge is -2.17. The van der Waals surface area contributed by atoms with Gasteiger partial charge in [-0.2, -0.15) is 5.10 Å². The highest BCUT2D eigenvalue weighted by atomic mass is 16.3. The summed E-state index contributed by atoms with van der Waals surface area (Å²) in [5.74, 6) is -0.439. The van der Waals surface area contributed by atoms with Crippen LogP contribution in [0.1, 0.15) is 27.7 Å². The van der Waals surface area contributed by atoms with Crippen molar-refractivity contribution in [3.8, 4) is 11.3 Å². The van der Waals surface area contributed by atoms with Gasteiger partial charge in [0.15, 0.2) is 5.69 Å². The van der Waals surface area contributed by atoms with Crippen molar-refractivity contribution in [3.63, 3.8) is 0 Å². The molecule has 0 bridgehead atoms. The van der Waals surface area contributed by atoms with Crippen LogP contribution < -0.4 is 10.9 Å². The Morgan fingerprint density at radius 3 is 2.70 bits per heavy atom.